The Hall–Kier alpha value is -2.13. The smallest absolute Gasteiger partial charge is 0.311 e. The minimum atomic E-state index is -0.817. The summed E-state index contributed by atoms with van der Waals surface area (Å²) < 4.78 is 12.7. The van der Waals surface area contributed by atoms with E-state index in [1.165, 1.54) is 11.1 Å². The van der Waals surface area contributed by atoms with E-state index in [2.05, 4.69) is 67.6 Å². The quantitative estimate of drug-likeness (QED) is 0.535. The lowest BCUT2D eigenvalue weighted by Gasteiger charge is -2.44. The van der Waals surface area contributed by atoms with Gasteiger partial charge in [0.2, 0.25) is 5.79 Å². The van der Waals surface area contributed by atoms with Gasteiger partial charge in [-0.2, -0.15) is 0 Å². The van der Waals surface area contributed by atoms with Crippen LogP contribution >= 0.6 is 0 Å². The Bertz CT molecular complexity index is 765. The first-order valence-electron chi connectivity index (χ1n) is 11.1. The number of hydrogen-bond donors (Lipinski definition) is 0. The molecule has 3 atom stereocenters. The van der Waals surface area contributed by atoms with Crippen molar-refractivity contribution in [3.8, 4) is 0 Å². The van der Waals surface area contributed by atoms with Gasteiger partial charge < -0.3 is 9.47 Å². The zero-order valence-electron chi connectivity index (χ0n) is 17.6. The Labute approximate surface area is 174 Å². The topological polar surface area (TPSA) is 35.5 Å². The number of esters is 1. The summed E-state index contributed by atoms with van der Waals surface area (Å²) in [4.78, 5) is 13.0. The molecule has 4 rings (SSSR count). The normalized spacial score (nSPS) is 27.0. The van der Waals surface area contributed by atoms with Gasteiger partial charge >= 0.3 is 5.97 Å². The number of fused-ring (bicyclic) bond motifs is 1. The average molecular weight is 393 g/mol. The molecular formula is C26H32O3. The second kappa shape index (κ2) is 8.31. The Morgan fingerprint density at radius 1 is 1.00 bits per heavy atom. The van der Waals surface area contributed by atoms with Crippen LogP contribution in [0.2, 0.25) is 0 Å². The van der Waals surface area contributed by atoms with Gasteiger partial charge in [0.15, 0.2) is 0 Å². The molecular weight excluding hydrogens is 360 g/mol. The van der Waals surface area contributed by atoms with Crippen LogP contribution in [0.5, 0.6) is 0 Å². The molecule has 2 aromatic rings. The monoisotopic (exact) mass is 392 g/mol. The van der Waals surface area contributed by atoms with Crippen molar-refractivity contribution < 1.29 is 14.3 Å². The van der Waals surface area contributed by atoms with Crippen LogP contribution in [0.15, 0.2) is 60.7 Å². The van der Waals surface area contributed by atoms with Crippen LogP contribution in [-0.4, -0.2) is 18.4 Å². The maximum absolute atomic E-state index is 13.0. The second-order valence-electron chi connectivity index (χ2n) is 8.73. The third kappa shape index (κ3) is 3.50. The molecule has 1 saturated carbocycles. The van der Waals surface area contributed by atoms with Gasteiger partial charge in [-0.1, -0.05) is 80.9 Å². The number of hydrogen-bond acceptors (Lipinski definition) is 3. The summed E-state index contributed by atoms with van der Waals surface area (Å²) in [5.74, 6) is -0.879. The van der Waals surface area contributed by atoms with Crippen molar-refractivity contribution in [3.63, 3.8) is 0 Å². The summed E-state index contributed by atoms with van der Waals surface area (Å²) >= 11 is 0. The molecule has 29 heavy (non-hydrogen) atoms. The van der Waals surface area contributed by atoms with Crippen LogP contribution in [0.25, 0.3) is 0 Å². The predicted molar refractivity (Wildman–Crippen MR) is 114 cm³/mol. The predicted octanol–water partition coefficient (Wildman–Crippen LogP) is 6.08. The molecule has 0 N–H and O–H groups in total. The maximum Gasteiger partial charge on any atom is 0.311 e. The molecule has 2 aliphatic rings. The Morgan fingerprint density at radius 3 is 2.21 bits per heavy atom. The highest BCUT2D eigenvalue weighted by molar-refractivity contribution is 5.72. The molecule has 0 aromatic heterocycles. The van der Waals surface area contributed by atoms with E-state index >= 15 is 0 Å². The van der Waals surface area contributed by atoms with Crippen molar-refractivity contribution in [2.75, 3.05) is 6.61 Å². The molecule has 3 nitrogen and oxygen atoms in total. The maximum atomic E-state index is 13.0. The van der Waals surface area contributed by atoms with E-state index in [9.17, 15) is 4.79 Å². The standard InChI is InChI=1S/C26H32O3/c1-3-11-20(2)24(27)29-26-17-10-16-25(26,18-19-28-26)23(21-12-6-4-7-13-21)22-14-8-5-9-15-22/h4-9,12-15,20,23H,3,10-11,16-19H2,1-2H3. The molecule has 1 aliphatic heterocycles. The van der Waals surface area contributed by atoms with Crippen molar-refractivity contribution in [3.05, 3.63) is 71.8 Å². The number of carbonyl (C=O) groups excluding carboxylic acids is 1. The zero-order valence-corrected chi connectivity index (χ0v) is 17.6. The van der Waals surface area contributed by atoms with Gasteiger partial charge in [-0.15, -0.1) is 0 Å². The fourth-order valence-corrected chi connectivity index (χ4v) is 5.63. The summed E-state index contributed by atoms with van der Waals surface area (Å²) in [7, 11) is 0. The first kappa shape index (κ1) is 20.2. The van der Waals surface area contributed by atoms with Crippen LogP contribution in [0.3, 0.4) is 0 Å². The van der Waals surface area contributed by atoms with Crippen LogP contribution < -0.4 is 0 Å². The minimum absolute atomic E-state index is 0.0937. The fourth-order valence-electron chi connectivity index (χ4n) is 5.63. The molecule has 2 aromatic carbocycles. The van der Waals surface area contributed by atoms with Crippen LogP contribution in [-0.2, 0) is 14.3 Å². The Kier molecular flexibility index (Phi) is 5.78. The van der Waals surface area contributed by atoms with Crippen molar-refractivity contribution in [1.82, 2.24) is 0 Å². The Balaban J connectivity index is 1.77. The van der Waals surface area contributed by atoms with E-state index in [0.29, 0.717) is 6.61 Å². The van der Waals surface area contributed by atoms with E-state index in [-0.39, 0.29) is 23.2 Å². The average Bonchev–Trinajstić information content (AvgIpc) is 3.25. The number of ether oxygens (including phenoxy) is 2. The molecule has 3 unspecified atom stereocenters. The van der Waals surface area contributed by atoms with E-state index in [1.54, 1.807) is 0 Å². The highest BCUT2D eigenvalue weighted by Gasteiger charge is 2.66. The first-order valence-corrected chi connectivity index (χ1v) is 11.1. The van der Waals surface area contributed by atoms with E-state index in [1.807, 2.05) is 6.92 Å². The van der Waals surface area contributed by atoms with Gasteiger partial charge in [0.1, 0.15) is 0 Å². The first-order chi connectivity index (χ1) is 14.1. The molecule has 3 heteroatoms. The van der Waals surface area contributed by atoms with Gasteiger partial charge in [0, 0.05) is 17.8 Å². The third-order valence-electron chi connectivity index (χ3n) is 6.98. The molecule has 0 spiro atoms. The van der Waals surface area contributed by atoms with Crippen LogP contribution in [0.1, 0.15) is 69.4 Å². The van der Waals surface area contributed by atoms with Gasteiger partial charge in [0.05, 0.1) is 12.5 Å². The number of carbonyl (C=O) groups is 1. The second-order valence-corrected chi connectivity index (χ2v) is 8.73. The van der Waals surface area contributed by atoms with Crippen LogP contribution in [0, 0.1) is 11.3 Å². The molecule has 2 fully saturated rings. The molecule has 1 saturated heterocycles. The number of benzene rings is 2. The largest absolute Gasteiger partial charge is 0.432 e. The summed E-state index contributed by atoms with van der Waals surface area (Å²) in [5, 5.41) is 0. The van der Waals surface area contributed by atoms with Crippen molar-refractivity contribution in [2.45, 2.75) is 64.1 Å². The molecule has 1 aliphatic carbocycles. The summed E-state index contributed by atoms with van der Waals surface area (Å²) in [6.07, 6.45) is 5.56. The van der Waals surface area contributed by atoms with E-state index < -0.39 is 5.79 Å². The van der Waals surface area contributed by atoms with Crippen LogP contribution in [0.4, 0.5) is 0 Å². The lowest BCUT2D eigenvalue weighted by atomic mass is 9.64. The zero-order chi connectivity index (χ0) is 20.3. The summed E-state index contributed by atoms with van der Waals surface area (Å²) in [5.41, 5.74) is 2.32. The third-order valence-corrected chi connectivity index (χ3v) is 6.98. The van der Waals surface area contributed by atoms with Gasteiger partial charge in [-0.25, -0.2) is 0 Å². The lowest BCUT2D eigenvalue weighted by molar-refractivity contribution is -0.245. The van der Waals surface area contributed by atoms with Gasteiger partial charge in [-0.05, 0) is 36.8 Å². The SMILES string of the molecule is CCCC(C)C(=O)OC12CCCC1(C(c1ccccc1)c1ccccc1)CCO2. The van der Waals surface area contributed by atoms with Gasteiger partial charge in [-0.3, -0.25) is 4.79 Å². The number of rotatable bonds is 7. The van der Waals surface area contributed by atoms with Crippen molar-refractivity contribution in [2.24, 2.45) is 11.3 Å². The highest BCUT2D eigenvalue weighted by atomic mass is 16.7. The summed E-state index contributed by atoms with van der Waals surface area (Å²) in [6.45, 7) is 4.72. The van der Waals surface area contributed by atoms with Crippen molar-refractivity contribution >= 4 is 5.97 Å². The Morgan fingerprint density at radius 2 is 1.62 bits per heavy atom. The van der Waals surface area contributed by atoms with Gasteiger partial charge in [0.25, 0.3) is 0 Å². The fraction of sp³-hybridized carbons (Fsp3) is 0.500. The van der Waals surface area contributed by atoms with Crippen molar-refractivity contribution in [1.29, 1.82) is 0 Å². The highest BCUT2D eigenvalue weighted by Crippen LogP contribution is 2.64. The lowest BCUT2D eigenvalue weighted by Crippen LogP contribution is -2.49. The van der Waals surface area contributed by atoms with E-state index in [0.717, 1.165) is 38.5 Å². The molecule has 0 amide bonds. The minimum Gasteiger partial charge on any atom is -0.432 e. The summed E-state index contributed by atoms with van der Waals surface area (Å²) in [6, 6.07) is 21.3. The molecule has 0 bridgehead atoms. The van der Waals surface area contributed by atoms with E-state index in [4.69, 9.17) is 9.47 Å². The molecule has 154 valence electrons. The molecule has 1 heterocycles. The molecule has 0 radical (unpaired) electrons.